The Morgan fingerprint density at radius 2 is 2.15 bits per heavy atom. The Morgan fingerprint density at radius 1 is 1.35 bits per heavy atom. The van der Waals surface area contributed by atoms with E-state index >= 15 is 0 Å². The molecule has 1 aromatic rings. The van der Waals surface area contributed by atoms with E-state index in [0.29, 0.717) is 6.04 Å². The molecule has 1 fully saturated rings. The number of nitriles is 1. The van der Waals surface area contributed by atoms with Gasteiger partial charge in [-0.3, -0.25) is 0 Å². The zero-order chi connectivity index (χ0) is 14.2. The van der Waals surface area contributed by atoms with Gasteiger partial charge in [-0.25, -0.2) is 0 Å². The van der Waals surface area contributed by atoms with Gasteiger partial charge in [0.1, 0.15) is 0 Å². The first-order chi connectivity index (χ1) is 9.83. The number of piperidine rings is 1. The Bertz CT molecular complexity index is 418. The molecule has 0 amide bonds. The van der Waals surface area contributed by atoms with E-state index in [1.54, 1.807) is 0 Å². The SMILES string of the molecule is CCN(CC1CCCCN1)CC(C#N)c1ccccc1. The van der Waals surface area contributed by atoms with Crippen LogP contribution in [0.15, 0.2) is 30.3 Å². The lowest BCUT2D eigenvalue weighted by Gasteiger charge is -2.31. The molecule has 20 heavy (non-hydrogen) atoms. The highest BCUT2D eigenvalue weighted by atomic mass is 15.1. The summed E-state index contributed by atoms with van der Waals surface area (Å²) in [7, 11) is 0. The fourth-order valence-corrected chi connectivity index (χ4v) is 2.89. The molecule has 1 aliphatic heterocycles. The molecule has 1 saturated heterocycles. The standard InChI is InChI=1S/C17H25N3/c1-2-20(14-17-10-6-7-11-19-17)13-16(12-18)15-8-4-3-5-9-15/h3-5,8-9,16-17,19H,2,6-7,10-11,13-14H2,1H3. The van der Waals surface area contributed by atoms with Crippen molar-refractivity contribution < 1.29 is 0 Å². The summed E-state index contributed by atoms with van der Waals surface area (Å²) in [6, 6.07) is 13.2. The Hall–Kier alpha value is -1.37. The van der Waals surface area contributed by atoms with Crippen molar-refractivity contribution in [1.82, 2.24) is 10.2 Å². The van der Waals surface area contributed by atoms with Crippen LogP contribution in [0.4, 0.5) is 0 Å². The van der Waals surface area contributed by atoms with Gasteiger partial charge in [-0.15, -0.1) is 0 Å². The van der Waals surface area contributed by atoms with Gasteiger partial charge in [-0.05, 0) is 31.5 Å². The zero-order valence-electron chi connectivity index (χ0n) is 12.4. The number of rotatable bonds is 6. The summed E-state index contributed by atoms with van der Waals surface area (Å²) >= 11 is 0. The second-order valence-corrected chi connectivity index (χ2v) is 5.59. The Morgan fingerprint density at radius 3 is 2.75 bits per heavy atom. The summed E-state index contributed by atoms with van der Waals surface area (Å²) in [5.74, 6) is -0.0280. The number of benzene rings is 1. The van der Waals surface area contributed by atoms with E-state index in [2.05, 4.69) is 35.3 Å². The summed E-state index contributed by atoms with van der Waals surface area (Å²) in [5, 5.41) is 13.0. The normalized spacial score (nSPS) is 20.6. The van der Waals surface area contributed by atoms with Crippen LogP contribution >= 0.6 is 0 Å². The third kappa shape index (κ3) is 4.33. The third-order valence-corrected chi connectivity index (χ3v) is 4.14. The molecule has 1 heterocycles. The van der Waals surface area contributed by atoms with Gasteiger partial charge in [0.2, 0.25) is 0 Å². The maximum Gasteiger partial charge on any atom is 0.0839 e. The molecular formula is C17H25N3. The van der Waals surface area contributed by atoms with Gasteiger partial charge in [0, 0.05) is 19.1 Å². The summed E-state index contributed by atoms with van der Waals surface area (Å²) in [6.45, 7) is 6.21. The molecule has 0 bridgehead atoms. The molecule has 1 aromatic carbocycles. The molecule has 108 valence electrons. The van der Waals surface area contributed by atoms with Gasteiger partial charge in [0.05, 0.1) is 12.0 Å². The fourth-order valence-electron chi connectivity index (χ4n) is 2.89. The van der Waals surface area contributed by atoms with Gasteiger partial charge in [-0.1, -0.05) is 43.7 Å². The summed E-state index contributed by atoms with van der Waals surface area (Å²) in [4.78, 5) is 2.41. The molecule has 1 aliphatic rings. The maximum atomic E-state index is 9.44. The second-order valence-electron chi connectivity index (χ2n) is 5.59. The first-order valence-corrected chi connectivity index (χ1v) is 7.73. The Kier molecular flexibility index (Phi) is 6.04. The van der Waals surface area contributed by atoms with E-state index in [1.165, 1.54) is 19.3 Å². The first-order valence-electron chi connectivity index (χ1n) is 7.73. The molecule has 0 spiro atoms. The van der Waals surface area contributed by atoms with Gasteiger partial charge < -0.3 is 10.2 Å². The number of hydrogen-bond acceptors (Lipinski definition) is 3. The highest BCUT2D eigenvalue weighted by Gasteiger charge is 2.19. The third-order valence-electron chi connectivity index (χ3n) is 4.14. The van der Waals surface area contributed by atoms with E-state index in [1.807, 2.05) is 18.2 Å². The van der Waals surface area contributed by atoms with Crippen molar-refractivity contribution >= 4 is 0 Å². The van der Waals surface area contributed by atoms with Crippen LogP contribution in [0.2, 0.25) is 0 Å². The molecule has 2 unspecified atom stereocenters. The highest BCUT2D eigenvalue weighted by Crippen LogP contribution is 2.17. The van der Waals surface area contributed by atoms with Crippen LogP contribution < -0.4 is 5.32 Å². The van der Waals surface area contributed by atoms with Crippen LogP contribution in [-0.2, 0) is 0 Å². The highest BCUT2D eigenvalue weighted by molar-refractivity contribution is 5.25. The van der Waals surface area contributed by atoms with Crippen molar-refractivity contribution in [3.8, 4) is 6.07 Å². The number of likely N-dealkylation sites (N-methyl/N-ethyl adjacent to an activating group) is 1. The van der Waals surface area contributed by atoms with Crippen LogP contribution in [0.25, 0.3) is 0 Å². The Labute approximate surface area is 122 Å². The van der Waals surface area contributed by atoms with E-state index in [0.717, 1.165) is 31.7 Å². The summed E-state index contributed by atoms with van der Waals surface area (Å²) in [6.07, 6.45) is 3.89. The van der Waals surface area contributed by atoms with Gasteiger partial charge in [-0.2, -0.15) is 5.26 Å². The van der Waals surface area contributed by atoms with Crippen molar-refractivity contribution in [2.45, 2.75) is 38.1 Å². The van der Waals surface area contributed by atoms with Gasteiger partial charge in [0.15, 0.2) is 0 Å². The van der Waals surface area contributed by atoms with Crippen molar-refractivity contribution in [3.63, 3.8) is 0 Å². The monoisotopic (exact) mass is 271 g/mol. The predicted octanol–water partition coefficient (Wildman–Crippen LogP) is 2.76. The Balaban J connectivity index is 1.92. The van der Waals surface area contributed by atoms with Crippen LogP contribution in [0.3, 0.4) is 0 Å². The van der Waals surface area contributed by atoms with Crippen molar-refractivity contribution in [2.75, 3.05) is 26.2 Å². The topological polar surface area (TPSA) is 39.1 Å². The molecule has 2 atom stereocenters. The average Bonchev–Trinajstić information content (AvgIpc) is 2.53. The quantitative estimate of drug-likeness (QED) is 0.864. The molecule has 0 aliphatic carbocycles. The minimum atomic E-state index is -0.0280. The van der Waals surface area contributed by atoms with Crippen molar-refractivity contribution in [2.24, 2.45) is 0 Å². The minimum Gasteiger partial charge on any atom is -0.313 e. The molecule has 3 nitrogen and oxygen atoms in total. The maximum absolute atomic E-state index is 9.44. The molecule has 0 aromatic heterocycles. The lowest BCUT2D eigenvalue weighted by atomic mass is 9.99. The van der Waals surface area contributed by atoms with Crippen LogP contribution in [0.1, 0.15) is 37.7 Å². The van der Waals surface area contributed by atoms with Gasteiger partial charge >= 0.3 is 0 Å². The van der Waals surface area contributed by atoms with Crippen molar-refractivity contribution in [1.29, 1.82) is 5.26 Å². The molecular weight excluding hydrogens is 246 g/mol. The van der Waals surface area contributed by atoms with Crippen LogP contribution in [0.5, 0.6) is 0 Å². The van der Waals surface area contributed by atoms with Gasteiger partial charge in [0.25, 0.3) is 0 Å². The van der Waals surface area contributed by atoms with Crippen LogP contribution in [0, 0.1) is 11.3 Å². The number of hydrogen-bond donors (Lipinski definition) is 1. The molecule has 1 N–H and O–H groups in total. The molecule has 0 saturated carbocycles. The lowest BCUT2D eigenvalue weighted by Crippen LogP contribution is -2.44. The van der Waals surface area contributed by atoms with E-state index in [-0.39, 0.29) is 5.92 Å². The van der Waals surface area contributed by atoms with Crippen LogP contribution in [-0.4, -0.2) is 37.1 Å². The minimum absolute atomic E-state index is 0.0280. The fraction of sp³-hybridized carbons (Fsp3) is 0.588. The number of nitrogens with zero attached hydrogens (tertiary/aromatic N) is 2. The largest absolute Gasteiger partial charge is 0.313 e. The van der Waals surface area contributed by atoms with Crippen molar-refractivity contribution in [3.05, 3.63) is 35.9 Å². The first kappa shape index (κ1) is 15.0. The summed E-state index contributed by atoms with van der Waals surface area (Å²) < 4.78 is 0. The second kappa shape index (κ2) is 8.04. The average molecular weight is 271 g/mol. The lowest BCUT2D eigenvalue weighted by molar-refractivity contribution is 0.230. The molecule has 3 heteroatoms. The van der Waals surface area contributed by atoms with E-state index in [9.17, 15) is 5.26 Å². The van der Waals surface area contributed by atoms with E-state index < -0.39 is 0 Å². The van der Waals surface area contributed by atoms with E-state index in [4.69, 9.17) is 0 Å². The smallest absolute Gasteiger partial charge is 0.0839 e. The predicted molar refractivity (Wildman–Crippen MR) is 82.6 cm³/mol. The number of nitrogens with one attached hydrogen (secondary N) is 1. The molecule has 2 rings (SSSR count). The zero-order valence-corrected chi connectivity index (χ0v) is 12.4. The molecule has 0 radical (unpaired) electrons. The summed E-state index contributed by atoms with van der Waals surface area (Å²) in [5.41, 5.74) is 1.13.